The predicted octanol–water partition coefficient (Wildman–Crippen LogP) is 1.96. The minimum Gasteiger partial charge on any atom is -0.466 e. The molecule has 1 aliphatic heterocycles. The van der Waals surface area contributed by atoms with Crippen molar-refractivity contribution >= 4 is 23.8 Å². The number of carbonyl (C=O) groups is 2. The third kappa shape index (κ3) is 4.67. The summed E-state index contributed by atoms with van der Waals surface area (Å²) in [7, 11) is 1.30. The Morgan fingerprint density at radius 1 is 1.24 bits per heavy atom. The number of hydrogen-bond acceptors (Lipinski definition) is 5. The van der Waals surface area contributed by atoms with Gasteiger partial charge < -0.3 is 14.4 Å². The van der Waals surface area contributed by atoms with Crippen molar-refractivity contribution in [1.82, 2.24) is 4.90 Å². The van der Waals surface area contributed by atoms with E-state index in [4.69, 9.17) is 9.47 Å². The molecule has 21 heavy (non-hydrogen) atoms. The van der Waals surface area contributed by atoms with Gasteiger partial charge in [-0.2, -0.15) is 11.8 Å². The summed E-state index contributed by atoms with van der Waals surface area (Å²) in [5.41, 5.74) is 0.926. The summed E-state index contributed by atoms with van der Waals surface area (Å²) < 4.78 is 10.1. The van der Waals surface area contributed by atoms with Crippen LogP contribution in [-0.2, 0) is 20.7 Å². The number of hydrogen-bond donors (Lipinski definition) is 0. The molecule has 0 spiro atoms. The third-order valence-electron chi connectivity index (χ3n) is 3.24. The largest absolute Gasteiger partial charge is 0.466 e. The van der Waals surface area contributed by atoms with Crippen LogP contribution in [0.15, 0.2) is 30.3 Å². The molecule has 0 aliphatic carbocycles. The molecular weight excluding hydrogens is 290 g/mol. The van der Waals surface area contributed by atoms with Crippen molar-refractivity contribution in [2.45, 2.75) is 12.5 Å². The fraction of sp³-hybridized carbons (Fsp3) is 0.467. The molecule has 1 aromatic carbocycles. The van der Waals surface area contributed by atoms with E-state index in [0.717, 1.165) is 17.1 Å². The van der Waals surface area contributed by atoms with Gasteiger partial charge in [-0.15, -0.1) is 0 Å². The Kier molecular flexibility index (Phi) is 5.92. The average Bonchev–Trinajstić information content (AvgIpc) is 2.55. The number of nitrogens with zero attached hydrogens (tertiary/aromatic N) is 1. The molecule has 114 valence electrons. The van der Waals surface area contributed by atoms with Gasteiger partial charge >= 0.3 is 12.1 Å². The maximum atomic E-state index is 12.1. The Balaban J connectivity index is 1.99. The van der Waals surface area contributed by atoms with Gasteiger partial charge in [0.25, 0.3) is 0 Å². The van der Waals surface area contributed by atoms with Crippen molar-refractivity contribution in [2.75, 3.05) is 31.7 Å². The first-order valence-electron chi connectivity index (χ1n) is 6.86. The van der Waals surface area contributed by atoms with Crippen molar-refractivity contribution in [2.24, 2.45) is 0 Å². The summed E-state index contributed by atoms with van der Waals surface area (Å²) in [6.45, 7) is 1.31. The number of rotatable bonds is 4. The molecule has 6 heteroatoms. The van der Waals surface area contributed by atoms with Crippen molar-refractivity contribution < 1.29 is 19.1 Å². The minimum absolute atomic E-state index is 0.321. The van der Waals surface area contributed by atoms with E-state index in [2.05, 4.69) is 0 Å². The van der Waals surface area contributed by atoms with Crippen LogP contribution in [0.5, 0.6) is 0 Å². The van der Waals surface area contributed by atoms with Crippen LogP contribution in [0.2, 0.25) is 0 Å². The summed E-state index contributed by atoms with van der Waals surface area (Å²) in [6, 6.07) is 9.44. The molecule has 1 saturated heterocycles. The van der Waals surface area contributed by atoms with Gasteiger partial charge in [-0.1, -0.05) is 30.3 Å². The van der Waals surface area contributed by atoms with Crippen molar-refractivity contribution in [1.29, 1.82) is 0 Å². The van der Waals surface area contributed by atoms with Crippen LogP contribution in [0.1, 0.15) is 5.56 Å². The van der Waals surface area contributed by atoms with E-state index in [0.29, 0.717) is 19.5 Å². The summed E-state index contributed by atoms with van der Waals surface area (Å²) >= 11 is 1.81. The molecule has 0 unspecified atom stereocenters. The first-order chi connectivity index (χ1) is 10.2. The topological polar surface area (TPSA) is 55.8 Å². The van der Waals surface area contributed by atoms with Crippen LogP contribution in [0.3, 0.4) is 0 Å². The quantitative estimate of drug-likeness (QED) is 0.796. The molecule has 0 radical (unpaired) electrons. The fourth-order valence-corrected chi connectivity index (χ4v) is 2.98. The van der Waals surface area contributed by atoms with E-state index in [1.165, 1.54) is 7.11 Å². The average molecular weight is 309 g/mol. The van der Waals surface area contributed by atoms with Gasteiger partial charge in [0.1, 0.15) is 0 Å². The molecule has 1 fully saturated rings. The van der Waals surface area contributed by atoms with Gasteiger partial charge in [0.05, 0.1) is 7.11 Å². The van der Waals surface area contributed by atoms with Crippen LogP contribution < -0.4 is 0 Å². The molecule has 0 aromatic heterocycles. The lowest BCUT2D eigenvalue weighted by molar-refractivity contribution is -0.151. The number of methoxy groups -OCH3 is 1. The zero-order valence-corrected chi connectivity index (χ0v) is 12.8. The second-order valence-electron chi connectivity index (χ2n) is 4.68. The van der Waals surface area contributed by atoms with Gasteiger partial charge in [-0.05, 0) is 5.56 Å². The number of thioether (sulfide) groups is 1. The number of carbonyl (C=O) groups excluding carboxylic acids is 2. The molecule has 1 aliphatic rings. The van der Waals surface area contributed by atoms with Crippen LogP contribution in [0.25, 0.3) is 0 Å². The smallest absolute Gasteiger partial charge is 0.410 e. The lowest BCUT2D eigenvalue weighted by atomic mass is 10.1. The molecular formula is C15H19NO4S. The van der Waals surface area contributed by atoms with Crippen LogP contribution in [0, 0.1) is 0 Å². The van der Waals surface area contributed by atoms with Crippen molar-refractivity contribution in [3.63, 3.8) is 0 Å². The second-order valence-corrected chi connectivity index (χ2v) is 5.91. The highest BCUT2D eigenvalue weighted by Crippen LogP contribution is 2.13. The fourth-order valence-electron chi connectivity index (χ4n) is 2.07. The van der Waals surface area contributed by atoms with E-state index in [1.54, 1.807) is 4.90 Å². The third-order valence-corrected chi connectivity index (χ3v) is 4.18. The zero-order valence-electron chi connectivity index (χ0n) is 12.0. The van der Waals surface area contributed by atoms with Crippen LogP contribution in [0.4, 0.5) is 4.79 Å². The van der Waals surface area contributed by atoms with Gasteiger partial charge in [0.2, 0.25) is 6.10 Å². The van der Waals surface area contributed by atoms with E-state index >= 15 is 0 Å². The summed E-state index contributed by atoms with van der Waals surface area (Å²) in [6.07, 6.45) is -1.02. The zero-order chi connectivity index (χ0) is 15.1. The summed E-state index contributed by atoms with van der Waals surface area (Å²) in [4.78, 5) is 25.6. The van der Waals surface area contributed by atoms with Gasteiger partial charge in [0.15, 0.2) is 0 Å². The summed E-state index contributed by atoms with van der Waals surface area (Å²) in [5.74, 6) is 1.27. The molecule has 0 bridgehead atoms. The van der Waals surface area contributed by atoms with Crippen molar-refractivity contribution in [3.05, 3.63) is 35.9 Å². The lowest BCUT2D eigenvalue weighted by Crippen LogP contribution is -2.42. The SMILES string of the molecule is COC(=O)[C@H](Cc1ccccc1)OC(=O)N1CCSCC1. The number of ether oxygens (including phenoxy) is 2. The Morgan fingerprint density at radius 3 is 2.52 bits per heavy atom. The van der Waals surface area contributed by atoms with E-state index in [1.807, 2.05) is 42.1 Å². The van der Waals surface area contributed by atoms with Gasteiger partial charge in [-0.3, -0.25) is 0 Å². The Morgan fingerprint density at radius 2 is 1.90 bits per heavy atom. The van der Waals surface area contributed by atoms with E-state index in [-0.39, 0.29) is 0 Å². The van der Waals surface area contributed by atoms with Crippen molar-refractivity contribution in [3.8, 4) is 0 Å². The van der Waals surface area contributed by atoms with Crippen LogP contribution >= 0.6 is 11.8 Å². The number of esters is 1. The Bertz CT molecular complexity index is 474. The van der Waals surface area contributed by atoms with Crippen LogP contribution in [-0.4, -0.2) is 54.8 Å². The lowest BCUT2D eigenvalue weighted by Gasteiger charge is -2.27. The Hall–Kier alpha value is -1.69. The monoisotopic (exact) mass is 309 g/mol. The van der Waals surface area contributed by atoms with E-state index in [9.17, 15) is 9.59 Å². The van der Waals surface area contributed by atoms with Gasteiger partial charge in [0, 0.05) is 31.0 Å². The highest BCUT2D eigenvalue weighted by atomic mass is 32.2. The summed E-state index contributed by atoms with van der Waals surface area (Å²) in [5, 5.41) is 0. The molecule has 0 N–H and O–H groups in total. The highest BCUT2D eigenvalue weighted by molar-refractivity contribution is 7.99. The first-order valence-corrected chi connectivity index (χ1v) is 8.01. The predicted molar refractivity (Wildman–Crippen MR) is 81.3 cm³/mol. The molecule has 1 heterocycles. The van der Waals surface area contributed by atoms with Gasteiger partial charge in [-0.25, -0.2) is 9.59 Å². The molecule has 5 nitrogen and oxygen atoms in total. The molecule has 0 saturated carbocycles. The molecule has 1 amide bonds. The van der Waals surface area contributed by atoms with E-state index < -0.39 is 18.2 Å². The maximum absolute atomic E-state index is 12.1. The number of amides is 1. The second kappa shape index (κ2) is 7.93. The molecule has 1 atom stereocenters. The number of benzene rings is 1. The molecule has 2 rings (SSSR count). The Labute approximate surface area is 128 Å². The minimum atomic E-state index is -0.903. The highest BCUT2D eigenvalue weighted by Gasteiger charge is 2.27. The normalized spacial score (nSPS) is 16.1. The first kappa shape index (κ1) is 15.7. The maximum Gasteiger partial charge on any atom is 0.410 e. The standard InChI is InChI=1S/C15H19NO4S/c1-19-14(17)13(11-12-5-3-2-4-6-12)20-15(18)16-7-9-21-10-8-16/h2-6,13H,7-11H2,1H3/t13-/m0/s1. The molecule has 1 aromatic rings.